The van der Waals surface area contributed by atoms with Gasteiger partial charge >= 0.3 is 0 Å². The zero-order chi connectivity index (χ0) is 13.7. The first-order valence-electron chi connectivity index (χ1n) is 6.09. The lowest BCUT2D eigenvalue weighted by molar-refractivity contribution is 0.319. The molecule has 0 aliphatic carbocycles. The fraction of sp³-hybridized carbons (Fsp3) is 0.188. The van der Waals surface area contributed by atoms with Gasteiger partial charge in [-0.25, -0.2) is 0 Å². The van der Waals surface area contributed by atoms with Crippen LogP contribution in [0, 0.1) is 11.3 Å². The molecule has 3 heteroatoms. The van der Waals surface area contributed by atoms with Crippen molar-refractivity contribution in [3.63, 3.8) is 0 Å². The first kappa shape index (κ1) is 13.6. The molecule has 0 saturated heterocycles. The minimum Gasteiger partial charge on any atom is -0.298 e. The van der Waals surface area contributed by atoms with Gasteiger partial charge in [-0.3, -0.25) is 4.90 Å². The fourth-order valence-electron chi connectivity index (χ4n) is 2.01. The van der Waals surface area contributed by atoms with Gasteiger partial charge in [0, 0.05) is 18.1 Å². The average molecular weight is 271 g/mol. The molecule has 96 valence electrons. The summed E-state index contributed by atoms with van der Waals surface area (Å²) in [5.41, 5.74) is 3.08. The van der Waals surface area contributed by atoms with Crippen molar-refractivity contribution in [2.75, 3.05) is 7.05 Å². The number of rotatable bonds is 4. The summed E-state index contributed by atoms with van der Waals surface area (Å²) in [5.74, 6) is 0. The van der Waals surface area contributed by atoms with Crippen LogP contribution in [0.25, 0.3) is 0 Å². The third kappa shape index (κ3) is 4.10. The Hall–Kier alpha value is -1.82. The van der Waals surface area contributed by atoms with Crippen LogP contribution in [0.3, 0.4) is 0 Å². The van der Waals surface area contributed by atoms with Crippen LogP contribution in [0.5, 0.6) is 0 Å². The molecule has 0 aliphatic heterocycles. The molecule has 0 atom stereocenters. The first-order chi connectivity index (χ1) is 9.17. The van der Waals surface area contributed by atoms with E-state index in [1.807, 2.05) is 48.5 Å². The molecule has 0 unspecified atom stereocenters. The number of nitriles is 1. The lowest BCUT2D eigenvalue weighted by Gasteiger charge is -2.17. The highest BCUT2D eigenvalue weighted by Gasteiger charge is 2.03. The summed E-state index contributed by atoms with van der Waals surface area (Å²) in [6.45, 7) is 1.67. The van der Waals surface area contributed by atoms with Crippen LogP contribution in [0.1, 0.15) is 16.7 Å². The predicted octanol–water partition coefficient (Wildman–Crippen LogP) is 3.84. The molecule has 2 aromatic rings. The summed E-state index contributed by atoms with van der Waals surface area (Å²) in [6, 6.07) is 17.7. The van der Waals surface area contributed by atoms with Crippen LogP contribution in [-0.4, -0.2) is 11.9 Å². The molecule has 0 amide bonds. The normalized spacial score (nSPS) is 10.4. The second kappa shape index (κ2) is 6.38. The van der Waals surface area contributed by atoms with Crippen LogP contribution in [0.4, 0.5) is 0 Å². The van der Waals surface area contributed by atoms with Gasteiger partial charge in [0.05, 0.1) is 11.6 Å². The molecule has 0 spiro atoms. The van der Waals surface area contributed by atoms with Gasteiger partial charge in [-0.15, -0.1) is 0 Å². The van der Waals surface area contributed by atoms with E-state index in [9.17, 15) is 0 Å². The van der Waals surface area contributed by atoms with E-state index in [1.54, 1.807) is 0 Å². The monoisotopic (exact) mass is 270 g/mol. The van der Waals surface area contributed by atoms with Crippen molar-refractivity contribution >= 4 is 11.6 Å². The third-order valence-electron chi connectivity index (χ3n) is 2.87. The highest BCUT2D eigenvalue weighted by atomic mass is 35.5. The molecule has 0 bridgehead atoms. The Morgan fingerprint density at radius 2 is 1.74 bits per heavy atom. The Kier molecular flexibility index (Phi) is 4.57. The van der Waals surface area contributed by atoms with Crippen LogP contribution in [0.2, 0.25) is 5.02 Å². The maximum atomic E-state index is 8.88. The van der Waals surface area contributed by atoms with Gasteiger partial charge in [0.1, 0.15) is 0 Å². The summed E-state index contributed by atoms with van der Waals surface area (Å²) in [5, 5.41) is 9.64. The zero-order valence-electron chi connectivity index (χ0n) is 10.8. The maximum absolute atomic E-state index is 8.88. The Bertz CT molecular complexity index is 584. The first-order valence-corrected chi connectivity index (χ1v) is 6.47. The molecule has 19 heavy (non-hydrogen) atoms. The van der Waals surface area contributed by atoms with Crippen molar-refractivity contribution in [1.29, 1.82) is 5.26 Å². The van der Waals surface area contributed by atoms with Crippen molar-refractivity contribution in [3.05, 3.63) is 70.2 Å². The lowest BCUT2D eigenvalue weighted by Crippen LogP contribution is -2.17. The molecule has 0 heterocycles. The van der Waals surface area contributed by atoms with Gasteiger partial charge in [0.15, 0.2) is 0 Å². The lowest BCUT2D eigenvalue weighted by atomic mass is 10.1. The smallest absolute Gasteiger partial charge is 0.0991 e. The molecule has 0 aromatic heterocycles. The number of nitrogens with zero attached hydrogens (tertiary/aromatic N) is 2. The topological polar surface area (TPSA) is 27.0 Å². The van der Waals surface area contributed by atoms with Crippen molar-refractivity contribution < 1.29 is 0 Å². The van der Waals surface area contributed by atoms with E-state index in [-0.39, 0.29) is 0 Å². The number of halogens is 1. The van der Waals surface area contributed by atoms with E-state index >= 15 is 0 Å². The van der Waals surface area contributed by atoms with Gasteiger partial charge in [-0.2, -0.15) is 5.26 Å². The number of hydrogen-bond donors (Lipinski definition) is 0. The second-order valence-electron chi connectivity index (χ2n) is 4.61. The standard InChI is InChI=1S/C16H15ClN2/c1-19(11-13-5-7-16(17)8-6-13)12-15-4-2-3-14(9-15)10-18/h2-9H,11-12H2,1H3. The van der Waals surface area contributed by atoms with Crippen LogP contribution < -0.4 is 0 Å². The number of hydrogen-bond acceptors (Lipinski definition) is 2. The molecule has 2 aromatic carbocycles. The van der Waals surface area contributed by atoms with Gasteiger partial charge in [-0.05, 0) is 42.4 Å². The molecule has 0 aliphatic rings. The van der Waals surface area contributed by atoms with Crippen LogP contribution in [-0.2, 0) is 13.1 Å². The van der Waals surface area contributed by atoms with E-state index in [2.05, 4.69) is 18.0 Å². The molecule has 0 N–H and O–H groups in total. The van der Waals surface area contributed by atoms with Gasteiger partial charge in [0.2, 0.25) is 0 Å². The van der Waals surface area contributed by atoms with Crippen molar-refractivity contribution in [3.8, 4) is 6.07 Å². The molecular weight excluding hydrogens is 256 g/mol. The van der Waals surface area contributed by atoms with Crippen LogP contribution >= 0.6 is 11.6 Å². The van der Waals surface area contributed by atoms with Crippen LogP contribution in [0.15, 0.2) is 48.5 Å². The highest BCUT2D eigenvalue weighted by molar-refractivity contribution is 6.30. The molecular formula is C16H15ClN2. The van der Waals surface area contributed by atoms with E-state index in [1.165, 1.54) is 5.56 Å². The molecule has 0 saturated carbocycles. The van der Waals surface area contributed by atoms with Crippen molar-refractivity contribution in [2.45, 2.75) is 13.1 Å². The van der Waals surface area contributed by atoms with Gasteiger partial charge in [0.25, 0.3) is 0 Å². The van der Waals surface area contributed by atoms with E-state index < -0.39 is 0 Å². The van der Waals surface area contributed by atoms with Crippen molar-refractivity contribution in [1.82, 2.24) is 4.90 Å². The SMILES string of the molecule is CN(Cc1ccc(Cl)cc1)Cc1cccc(C#N)c1. The summed E-state index contributed by atoms with van der Waals surface area (Å²) in [7, 11) is 2.06. The Balaban J connectivity index is 1.99. The van der Waals surface area contributed by atoms with E-state index in [0.717, 1.165) is 23.7 Å². The number of benzene rings is 2. The summed E-state index contributed by atoms with van der Waals surface area (Å²) >= 11 is 5.87. The predicted molar refractivity (Wildman–Crippen MR) is 77.8 cm³/mol. The Morgan fingerprint density at radius 1 is 1.05 bits per heavy atom. The Morgan fingerprint density at radius 3 is 2.42 bits per heavy atom. The minimum absolute atomic E-state index is 0.706. The van der Waals surface area contributed by atoms with E-state index in [0.29, 0.717) is 5.56 Å². The van der Waals surface area contributed by atoms with Crippen molar-refractivity contribution in [2.24, 2.45) is 0 Å². The summed E-state index contributed by atoms with van der Waals surface area (Å²) in [4.78, 5) is 2.21. The maximum Gasteiger partial charge on any atom is 0.0991 e. The second-order valence-corrected chi connectivity index (χ2v) is 5.05. The molecule has 2 nitrogen and oxygen atoms in total. The zero-order valence-corrected chi connectivity index (χ0v) is 11.6. The summed E-state index contributed by atoms with van der Waals surface area (Å²) in [6.07, 6.45) is 0. The third-order valence-corrected chi connectivity index (χ3v) is 3.13. The van der Waals surface area contributed by atoms with E-state index in [4.69, 9.17) is 16.9 Å². The quantitative estimate of drug-likeness (QED) is 0.844. The summed E-state index contributed by atoms with van der Waals surface area (Å²) < 4.78 is 0. The van der Waals surface area contributed by atoms with Gasteiger partial charge < -0.3 is 0 Å². The largest absolute Gasteiger partial charge is 0.298 e. The minimum atomic E-state index is 0.706. The Labute approximate surface area is 118 Å². The highest BCUT2D eigenvalue weighted by Crippen LogP contribution is 2.13. The molecule has 0 radical (unpaired) electrons. The molecule has 0 fully saturated rings. The average Bonchev–Trinajstić information content (AvgIpc) is 2.41. The molecule has 2 rings (SSSR count). The van der Waals surface area contributed by atoms with Gasteiger partial charge in [-0.1, -0.05) is 35.9 Å². The fourth-order valence-corrected chi connectivity index (χ4v) is 2.13.